The number of carbonyl (C=O) groups is 1. The van der Waals surface area contributed by atoms with E-state index >= 15 is 0 Å². The lowest BCUT2D eigenvalue weighted by Gasteiger charge is -2.08. The van der Waals surface area contributed by atoms with Gasteiger partial charge in [0.1, 0.15) is 5.69 Å². The van der Waals surface area contributed by atoms with Crippen LogP contribution in [0.3, 0.4) is 0 Å². The summed E-state index contributed by atoms with van der Waals surface area (Å²) in [6.45, 7) is 7.67. The first-order chi connectivity index (χ1) is 8.69. The average molecular weight is 316 g/mol. The SMILES string of the molecule is CCCn1cc(Br)cc1C(=O)NCCCNCC. The van der Waals surface area contributed by atoms with Gasteiger partial charge in [0.05, 0.1) is 0 Å². The minimum atomic E-state index is 0.00523. The van der Waals surface area contributed by atoms with Crippen LogP contribution in [0.1, 0.15) is 37.2 Å². The molecule has 4 nitrogen and oxygen atoms in total. The van der Waals surface area contributed by atoms with Crippen molar-refractivity contribution in [2.45, 2.75) is 33.2 Å². The van der Waals surface area contributed by atoms with Gasteiger partial charge in [0.15, 0.2) is 0 Å². The molecule has 0 spiro atoms. The molecule has 0 aromatic carbocycles. The molecule has 0 unspecified atom stereocenters. The van der Waals surface area contributed by atoms with E-state index in [-0.39, 0.29) is 5.91 Å². The Balaban J connectivity index is 2.45. The van der Waals surface area contributed by atoms with Gasteiger partial charge in [-0.25, -0.2) is 0 Å². The van der Waals surface area contributed by atoms with Gasteiger partial charge in [0.25, 0.3) is 5.91 Å². The van der Waals surface area contributed by atoms with E-state index in [1.54, 1.807) is 0 Å². The van der Waals surface area contributed by atoms with Gasteiger partial charge in [-0.3, -0.25) is 4.79 Å². The summed E-state index contributed by atoms with van der Waals surface area (Å²) in [5.74, 6) is 0.00523. The van der Waals surface area contributed by atoms with E-state index in [0.717, 1.165) is 42.6 Å². The topological polar surface area (TPSA) is 46.1 Å². The fourth-order valence-corrected chi connectivity index (χ4v) is 2.24. The minimum Gasteiger partial charge on any atom is -0.351 e. The van der Waals surface area contributed by atoms with Crippen LogP contribution in [0, 0.1) is 0 Å². The molecule has 0 radical (unpaired) electrons. The summed E-state index contributed by atoms with van der Waals surface area (Å²) < 4.78 is 2.94. The van der Waals surface area contributed by atoms with E-state index in [1.807, 2.05) is 16.8 Å². The molecule has 0 fully saturated rings. The number of amides is 1. The molecule has 0 saturated carbocycles. The second-order valence-electron chi connectivity index (χ2n) is 4.20. The zero-order chi connectivity index (χ0) is 13.4. The van der Waals surface area contributed by atoms with Crippen molar-refractivity contribution in [1.82, 2.24) is 15.2 Å². The van der Waals surface area contributed by atoms with Crippen LogP contribution in [0.15, 0.2) is 16.7 Å². The summed E-state index contributed by atoms with van der Waals surface area (Å²) in [6, 6.07) is 1.87. The highest BCUT2D eigenvalue weighted by Crippen LogP contribution is 2.15. The smallest absolute Gasteiger partial charge is 0.267 e. The summed E-state index contributed by atoms with van der Waals surface area (Å²) in [6.07, 6.45) is 3.92. The molecule has 2 N–H and O–H groups in total. The van der Waals surface area contributed by atoms with E-state index < -0.39 is 0 Å². The molecule has 0 aliphatic rings. The first-order valence-electron chi connectivity index (χ1n) is 6.53. The summed E-state index contributed by atoms with van der Waals surface area (Å²) in [4.78, 5) is 12.0. The molecule has 1 aromatic rings. The van der Waals surface area contributed by atoms with E-state index in [0.29, 0.717) is 6.54 Å². The zero-order valence-corrected chi connectivity index (χ0v) is 12.7. The van der Waals surface area contributed by atoms with Crippen molar-refractivity contribution in [3.05, 3.63) is 22.4 Å². The number of aryl methyl sites for hydroxylation is 1. The van der Waals surface area contributed by atoms with Crippen LogP contribution >= 0.6 is 15.9 Å². The van der Waals surface area contributed by atoms with Crippen LogP contribution in [-0.4, -0.2) is 30.1 Å². The van der Waals surface area contributed by atoms with Crippen LogP contribution in [0.2, 0.25) is 0 Å². The van der Waals surface area contributed by atoms with Crippen molar-refractivity contribution >= 4 is 21.8 Å². The number of nitrogens with zero attached hydrogens (tertiary/aromatic N) is 1. The molecule has 102 valence electrons. The Labute approximate surface area is 117 Å². The highest BCUT2D eigenvalue weighted by molar-refractivity contribution is 9.10. The van der Waals surface area contributed by atoms with Gasteiger partial charge in [0, 0.05) is 23.8 Å². The molecule has 0 aliphatic heterocycles. The number of rotatable bonds is 8. The second kappa shape index (κ2) is 8.32. The molecule has 0 bridgehead atoms. The van der Waals surface area contributed by atoms with Gasteiger partial charge in [-0.2, -0.15) is 0 Å². The first-order valence-corrected chi connectivity index (χ1v) is 7.33. The molecule has 1 heterocycles. The van der Waals surface area contributed by atoms with Crippen LogP contribution in [-0.2, 0) is 6.54 Å². The molecule has 1 amide bonds. The van der Waals surface area contributed by atoms with Gasteiger partial charge >= 0.3 is 0 Å². The largest absolute Gasteiger partial charge is 0.351 e. The Morgan fingerprint density at radius 3 is 2.83 bits per heavy atom. The fraction of sp³-hybridized carbons (Fsp3) is 0.615. The normalized spacial score (nSPS) is 10.6. The Morgan fingerprint density at radius 1 is 1.39 bits per heavy atom. The Bertz CT molecular complexity index is 376. The number of carbonyl (C=O) groups excluding carboxylic acids is 1. The van der Waals surface area contributed by atoms with E-state index in [1.165, 1.54) is 0 Å². The lowest BCUT2D eigenvalue weighted by Crippen LogP contribution is -2.28. The molecule has 5 heteroatoms. The zero-order valence-electron chi connectivity index (χ0n) is 11.1. The summed E-state index contributed by atoms with van der Waals surface area (Å²) >= 11 is 3.41. The van der Waals surface area contributed by atoms with Gasteiger partial charge in [-0.05, 0) is 47.9 Å². The maximum atomic E-state index is 12.0. The quantitative estimate of drug-likeness (QED) is 0.724. The number of nitrogens with one attached hydrogen (secondary N) is 2. The third kappa shape index (κ3) is 4.82. The van der Waals surface area contributed by atoms with Crippen LogP contribution in [0.25, 0.3) is 0 Å². The minimum absolute atomic E-state index is 0.00523. The molecular weight excluding hydrogens is 294 g/mol. The second-order valence-corrected chi connectivity index (χ2v) is 5.12. The van der Waals surface area contributed by atoms with Gasteiger partial charge in [-0.1, -0.05) is 13.8 Å². The molecular formula is C13H22BrN3O. The summed E-state index contributed by atoms with van der Waals surface area (Å²) in [5.41, 5.74) is 0.729. The summed E-state index contributed by atoms with van der Waals surface area (Å²) in [5, 5.41) is 6.18. The van der Waals surface area contributed by atoms with Gasteiger partial charge in [-0.15, -0.1) is 0 Å². The average Bonchev–Trinajstić information content (AvgIpc) is 2.70. The molecule has 1 rings (SSSR count). The van der Waals surface area contributed by atoms with Crippen LogP contribution in [0.4, 0.5) is 0 Å². The Kier molecular flexibility index (Phi) is 7.05. The van der Waals surface area contributed by atoms with E-state index in [4.69, 9.17) is 0 Å². The van der Waals surface area contributed by atoms with Crippen molar-refractivity contribution in [3.8, 4) is 0 Å². The molecule has 18 heavy (non-hydrogen) atoms. The number of halogens is 1. The van der Waals surface area contributed by atoms with E-state index in [9.17, 15) is 4.79 Å². The first kappa shape index (κ1) is 15.2. The lowest BCUT2D eigenvalue weighted by molar-refractivity contribution is 0.0944. The van der Waals surface area contributed by atoms with Crippen molar-refractivity contribution in [1.29, 1.82) is 0 Å². The maximum Gasteiger partial charge on any atom is 0.267 e. The highest BCUT2D eigenvalue weighted by atomic mass is 79.9. The molecule has 0 atom stereocenters. The Hall–Kier alpha value is -0.810. The predicted molar refractivity (Wildman–Crippen MR) is 77.9 cm³/mol. The standard InChI is InChI=1S/C13H22BrN3O/c1-3-8-17-10-11(14)9-12(17)13(18)16-7-5-6-15-4-2/h9-10,15H,3-8H2,1-2H3,(H,16,18). The van der Waals surface area contributed by atoms with Crippen molar-refractivity contribution in [2.75, 3.05) is 19.6 Å². The third-order valence-corrected chi connectivity index (χ3v) is 3.06. The van der Waals surface area contributed by atoms with Crippen molar-refractivity contribution in [3.63, 3.8) is 0 Å². The number of aromatic nitrogens is 1. The van der Waals surface area contributed by atoms with Crippen LogP contribution in [0.5, 0.6) is 0 Å². The molecule has 0 saturated heterocycles. The highest BCUT2D eigenvalue weighted by Gasteiger charge is 2.11. The third-order valence-electron chi connectivity index (χ3n) is 2.63. The van der Waals surface area contributed by atoms with Gasteiger partial charge < -0.3 is 15.2 Å². The predicted octanol–water partition coefficient (Wildman–Crippen LogP) is 2.39. The molecule has 1 aromatic heterocycles. The number of hydrogen-bond donors (Lipinski definition) is 2. The van der Waals surface area contributed by atoms with Gasteiger partial charge in [0.2, 0.25) is 0 Å². The summed E-state index contributed by atoms with van der Waals surface area (Å²) in [7, 11) is 0. The van der Waals surface area contributed by atoms with Crippen LogP contribution < -0.4 is 10.6 Å². The van der Waals surface area contributed by atoms with Crippen molar-refractivity contribution in [2.24, 2.45) is 0 Å². The Morgan fingerprint density at radius 2 is 2.17 bits per heavy atom. The van der Waals surface area contributed by atoms with E-state index in [2.05, 4.69) is 40.4 Å². The molecule has 0 aliphatic carbocycles. The number of hydrogen-bond acceptors (Lipinski definition) is 2. The maximum absolute atomic E-state index is 12.0. The lowest BCUT2D eigenvalue weighted by atomic mass is 10.3. The van der Waals surface area contributed by atoms with Crippen molar-refractivity contribution < 1.29 is 4.79 Å². The fourth-order valence-electron chi connectivity index (χ4n) is 1.77. The monoisotopic (exact) mass is 315 g/mol.